The molecule has 1 aromatic heterocycles. The van der Waals surface area contributed by atoms with Gasteiger partial charge >= 0.3 is 11.9 Å². The molecule has 4 aromatic rings. The Morgan fingerprint density at radius 2 is 1.58 bits per heavy atom. The minimum atomic E-state index is -0.883. The summed E-state index contributed by atoms with van der Waals surface area (Å²) in [7, 11) is 4.54. The van der Waals surface area contributed by atoms with Crippen molar-refractivity contribution >= 4 is 35.1 Å². The molecule has 0 aliphatic carbocycles. The number of hydrogen-bond donors (Lipinski definition) is 1. The van der Waals surface area contributed by atoms with Crippen molar-refractivity contribution in [3.05, 3.63) is 122 Å². The van der Waals surface area contributed by atoms with E-state index in [9.17, 15) is 14.8 Å². The Kier molecular flexibility index (Phi) is 12.1. The van der Waals surface area contributed by atoms with Crippen LogP contribution in [0.25, 0.3) is 0 Å². The molecule has 4 heterocycles. The second-order valence-corrected chi connectivity index (χ2v) is 13.7. The number of ether oxygens (including phenoxy) is 5. The van der Waals surface area contributed by atoms with Gasteiger partial charge in [0, 0.05) is 30.6 Å². The molecule has 11 nitrogen and oxygen atoms in total. The molecule has 0 radical (unpaired) electrons. The van der Waals surface area contributed by atoms with Gasteiger partial charge in [0.1, 0.15) is 34.0 Å². The van der Waals surface area contributed by atoms with E-state index in [1.54, 1.807) is 36.4 Å². The van der Waals surface area contributed by atoms with Crippen molar-refractivity contribution in [2.45, 2.75) is 44.1 Å². The molecule has 7 rings (SSSR count). The third kappa shape index (κ3) is 8.56. The van der Waals surface area contributed by atoms with E-state index < -0.39 is 18.1 Å². The Bertz CT molecular complexity index is 1860. The van der Waals surface area contributed by atoms with Crippen LogP contribution in [-0.2, 0) is 27.2 Å². The van der Waals surface area contributed by atoms with Crippen LogP contribution in [0.4, 0.5) is 0 Å². The first-order valence-corrected chi connectivity index (χ1v) is 17.8. The smallest absolute Gasteiger partial charge is 0.338 e. The minimum absolute atomic E-state index is 0.0650. The normalized spacial score (nSPS) is 19.0. The molecule has 3 atom stereocenters. The number of fused-ring (bicyclic) bond motifs is 3. The molecular formula is C39H41Cl2N3O8. The van der Waals surface area contributed by atoms with Crippen molar-refractivity contribution in [1.82, 2.24) is 10.2 Å². The third-order valence-corrected chi connectivity index (χ3v) is 10.4. The molecule has 1 N–H and O–H groups in total. The zero-order valence-electron chi connectivity index (χ0n) is 29.2. The summed E-state index contributed by atoms with van der Waals surface area (Å²) in [6.45, 7) is 3.13. The van der Waals surface area contributed by atoms with E-state index in [0.717, 1.165) is 43.6 Å². The van der Waals surface area contributed by atoms with Gasteiger partial charge in [-0.1, -0.05) is 65.7 Å². The summed E-state index contributed by atoms with van der Waals surface area (Å²) >= 11 is 12.8. The van der Waals surface area contributed by atoms with Gasteiger partial charge in [-0.2, -0.15) is 4.73 Å². The minimum Gasteiger partial charge on any atom is -0.619 e. The summed E-state index contributed by atoms with van der Waals surface area (Å²) in [4.78, 5) is 29.8. The quantitative estimate of drug-likeness (QED) is 0.0898. The fourth-order valence-corrected chi connectivity index (χ4v) is 7.46. The van der Waals surface area contributed by atoms with Crippen LogP contribution < -0.4 is 24.3 Å². The second-order valence-electron chi connectivity index (χ2n) is 12.9. The van der Waals surface area contributed by atoms with Gasteiger partial charge in [-0.3, -0.25) is 10.2 Å². The van der Waals surface area contributed by atoms with E-state index in [1.165, 1.54) is 33.7 Å². The highest BCUT2D eigenvalue weighted by atomic mass is 35.5. The van der Waals surface area contributed by atoms with Crippen LogP contribution in [0.1, 0.15) is 57.6 Å². The highest BCUT2D eigenvalue weighted by molar-refractivity contribution is 6.35. The highest BCUT2D eigenvalue weighted by Gasteiger charge is 2.38. The zero-order chi connectivity index (χ0) is 36.8. The summed E-state index contributed by atoms with van der Waals surface area (Å²) < 4.78 is 29.3. The van der Waals surface area contributed by atoms with Crippen LogP contribution in [0.3, 0.4) is 0 Å². The van der Waals surface area contributed by atoms with Crippen LogP contribution in [0.2, 0.25) is 10.0 Å². The molecule has 0 spiro atoms. The van der Waals surface area contributed by atoms with Gasteiger partial charge in [0.2, 0.25) is 0 Å². The number of nitrogens with one attached hydrogen (secondary N) is 1. The van der Waals surface area contributed by atoms with Gasteiger partial charge in [0.15, 0.2) is 23.9 Å². The number of benzene rings is 3. The second kappa shape index (κ2) is 16.9. The Morgan fingerprint density at radius 3 is 2.21 bits per heavy atom. The Morgan fingerprint density at radius 1 is 0.885 bits per heavy atom. The van der Waals surface area contributed by atoms with Gasteiger partial charge < -0.3 is 28.9 Å². The average Bonchev–Trinajstić information content (AvgIpc) is 3.16. The molecule has 3 aromatic carbocycles. The molecular weight excluding hydrogens is 709 g/mol. The van der Waals surface area contributed by atoms with Crippen LogP contribution in [0, 0.1) is 11.1 Å². The lowest BCUT2D eigenvalue weighted by Crippen LogP contribution is -2.52. The largest absolute Gasteiger partial charge is 0.619 e. The van der Waals surface area contributed by atoms with Crippen LogP contribution in [0.15, 0.2) is 79.1 Å². The number of carbonyl (C=O) groups is 2. The number of hydrogen-bond acceptors (Lipinski definition) is 10. The van der Waals surface area contributed by atoms with E-state index in [-0.39, 0.29) is 40.6 Å². The van der Waals surface area contributed by atoms with Crippen molar-refractivity contribution < 1.29 is 38.0 Å². The summed E-state index contributed by atoms with van der Waals surface area (Å²) in [5.41, 5.74) is 2.76. The van der Waals surface area contributed by atoms with Crippen molar-refractivity contribution in [3.63, 3.8) is 0 Å². The Labute approximate surface area is 312 Å². The maximum absolute atomic E-state index is 13.7. The van der Waals surface area contributed by atoms with E-state index in [0.29, 0.717) is 39.0 Å². The molecule has 3 aliphatic heterocycles. The first kappa shape index (κ1) is 37.2. The third-order valence-electron chi connectivity index (χ3n) is 9.73. The first-order valence-electron chi connectivity index (χ1n) is 17.0. The first-order chi connectivity index (χ1) is 25.2. The number of carbonyl (C=O) groups excluding carboxylic acids is 2. The fourth-order valence-electron chi connectivity index (χ4n) is 6.86. The summed E-state index contributed by atoms with van der Waals surface area (Å²) in [5, 5.41) is 15.5. The zero-order valence-corrected chi connectivity index (χ0v) is 30.7. The number of rotatable bonds is 14. The van der Waals surface area contributed by atoms with Crippen molar-refractivity contribution in [2.24, 2.45) is 5.92 Å². The number of piperidine rings is 3. The van der Waals surface area contributed by atoms with E-state index in [1.807, 2.05) is 30.3 Å². The molecule has 3 fully saturated rings. The lowest BCUT2D eigenvalue weighted by molar-refractivity contribution is -0.605. The number of methoxy groups -OCH3 is 3. The standard InChI is InChI=1S/C39H41Cl2N3O8/c1-48-32-12-11-26(17-35(32)50-3)34(19-29-30(40)21-44(47)22-31(29)41)51-38(45)27-9-10-28(33(18-27)49-2)20-42-37(25-7-5-4-6-8-25)39(46)52-36-23-43-15-13-24(36)14-16-43/h4-12,17-18,21-22,24,34,36-37,42H,13-16,19-20,23H2,1-3H3/t34-,36-,37?/m0/s1. The van der Waals surface area contributed by atoms with E-state index in [4.69, 9.17) is 46.9 Å². The SMILES string of the molecule is COc1cc(C(=O)O[C@@H](Cc2c(Cl)c[n+]([O-])cc2Cl)c2ccc(OC)c(OC)c2)ccc1CNC(C(=O)O[C@H]1CN2CCC1CC2)c1ccccc1. The number of esters is 2. The number of halogens is 2. The lowest BCUT2D eigenvalue weighted by atomic mass is 9.86. The summed E-state index contributed by atoms with van der Waals surface area (Å²) in [6, 6.07) is 18.9. The van der Waals surface area contributed by atoms with Crippen LogP contribution >= 0.6 is 23.2 Å². The predicted molar refractivity (Wildman–Crippen MR) is 195 cm³/mol. The van der Waals surface area contributed by atoms with Crippen molar-refractivity contribution in [1.29, 1.82) is 0 Å². The number of pyridine rings is 1. The molecule has 274 valence electrons. The molecule has 0 saturated carbocycles. The molecule has 3 aliphatic rings. The topological polar surface area (TPSA) is 122 Å². The molecule has 13 heteroatoms. The molecule has 3 saturated heterocycles. The average molecular weight is 751 g/mol. The van der Waals surface area contributed by atoms with Gasteiger partial charge in [-0.15, -0.1) is 0 Å². The van der Waals surface area contributed by atoms with Gasteiger partial charge in [0.25, 0.3) is 0 Å². The Balaban J connectivity index is 1.21. The van der Waals surface area contributed by atoms with Crippen molar-refractivity contribution in [2.75, 3.05) is 41.0 Å². The van der Waals surface area contributed by atoms with Gasteiger partial charge in [-0.05, 0) is 67.2 Å². The van der Waals surface area contributed by atoms with E-state index >= 15 is 0 Å². The van der Waals surface area contributed by atoms with Gasteiger partial charge in [-0.25, -0.2) is 9.59 Å². The van der Waals surface area contributed by atoms with Crippen LogP contribution in [-0.4, -0.2) is 63.9 Å². The fraction of sp³-hybridized carbons (Fsp3) is 0.359. The molecule has 52 heavy (non-hydrogen) atoms. The van der Waals surface area contributed by atoms with E-state index in [2.05, 4.69) is 10.2 Å². The maximum atomic E-state index is 13.7. The summed E-state index contributed by atoms with van der Waals surface area (Å²) in [5.74, 6) is 0.780. The molecule has 2 bridgehead atoms. The number of nitrogens with zero attached hydrogens (tertiary/aromatic N) is 2. The van der Waals surface area contributed by atoms with Crippen LogP contribution in [0.5, 0.6) is 17.2 Å². The number of aromatic nitrogens is 1. The van der Waals surface area contributed by atoms with Crippen molar-refractivity contribution in [3.8, 4) is 17.2 Å². The maximum Gasteiger partial charge on any atom is 0.338 e. The lowest BCUT2D eigenvalue weighted by Gasteiger charge is -2.44. The monoisotopic (exact) mass is 749 g/mol. The molecule has 1 unspecified atom stereocenters. The predicted octanol–water partition coefficient (Wildman–Crippen LogP) is 6.26. The Hall–Kier alpha value is -4.55. The van der Waals surface area contributed by atoms with Gasteiger partial charge in [0.05, 0.1) is 26.9 Å². The highest BCUT2D eigenvalue weighted by Crippen LogP contribution is 2.36. The summed E-state index contributed by atoms with van der Waals surface area (Å²) in [6.07, 6.45) is 3.51. The molecule has 0 amide bonds.